The SMILES string of the molecule is CC[C@H](C(=O)NC)N(Cc1ccccc1)C(=O)Cc1cc(C)ccc1C. The number of nitrogens with one attached hydrogen (secondary N) is 1. The van der Waals surface area contributed by atoms with E-state index < -0.39 is 6.04 Å². The van der Waals surface area contributed by atoms with E-state index in [2.05, 4.69) is 11.4 Å². The number of carbonyl (C=O) groups excluding carboxylic acids is 2. The molecule has 0 aliphatic heterocycles. The van der Waals surface area contributed by atoms with Crippen molar-refractivity contribution in [3.05, 3.63) is 70.8 Å². The molecule has 2 amide bonds. The summed E-state index contributed by atoms with van der Waals surface area (Å²) in [5, 5.41) is 2.69. The second-order valence-corrected chi connectivity index (χ2v) is 6.65. The Morgan fingerprint density at radius 1 is 1.08 bits per heavy atom. The van der Waals surface area contributed by atoms with Crippen molar-refractivity contribution in [1.29, 1.82) is 0 Å². The Labute approximate surface area is 156 Å². The van der Waals surface area contributed by atoms with E-state index in [9.17, 15) is 9.59 Å². The van der Waals surface area contributed by atoms with E-state index in [-0.39, 0.29) is 11.8 Å². The second-order valence-electron chi connectivity index (χ2n) is 6.65. The van der Waals surface area contributed by atoms with E-state index in [1.807, 2.05) is 63.2 Å². The van der Waals surface area contributed by atoms with Crippen LogP contribution in [0, 0.1) is 13.8 Å². The maximum Gasteiger partial charge on any atom is 0.242 e. The normalized spacial score (nSPS) is 11.7. The molecule has 2 aromatic rings. The molecule has 4 heteroatoms. The highest BCUT2D eigenvalue weighted by Crippen LogP contribution is 2.17. The van der Waals surface area contributed by atoms with Gasteiger partial charge in [0.1, 0.15) is 6.04 Å². The predicted molar refractivity (Wildman–Crippen MR) is 105 cm³/mol. The van der Waals surface area contributed by atoms with E-state index in [1.54, 1.807) is 11.9 Å². The van der Waals surface area contributed by atoms with Crippen molar-refractivity contribution in [2.45, 2.75) is 46.2 Å². The van der Waals surface area contributed by atoms with Crippen molar-refractivity contribution in [3.63, 3.8) is 0 Å². The molecule has 2 rings (SSSR count). The number of hydrogen-bond donors (Lipinski definition) is 1. The molecule has 1 atom stereocenters. The summed E-state index contributed by atoms with van der Waals surface area (Å²) in [4.78, 5) is 27.2. The second kappa shape index (κ2) is 9.18. The Kier molecular flexibility index (Phi) is 6.96. The average Bonchev–Trinajstić information content (AvgIpc) is 2.65. The van der Waals surface area contributed by atoms with Gasteiger partial charge in [0.25, 0.3) is 0 Å². The van der Waals surface area contributed by atoms with Gasteiger partial charge in [-0.1, -0.05) is 61.0 Å². The van der Waals surface area contributed by atoms with E-state index in [0.717, 1.165) is 22.3 Å². The minimum Gasteiger partial charge on any atom is -0.357 e. The number of rotatable bonds is 7. The van der Waals surface area contributed by atoms with Crippen LogP contribution in [0.3, 0.4) is 0 Å². The minimum absolute atomic E-state index is 0.0296. The van der Waals surface area contributed by atoms with Gasteiger partial charge in [-0.25, -0.2) is 0 Å². The highest BCUT2D eigenvalue weighted by atomic mass is 16.2. The predicted octanol–water partition coefficient (Wildman–Crippen LogP) is 3.40. The third kappa shape index (κ3) is 4.94. The molecule has 0 radical (unpaired) electrons. The highest BCUT2D eigenvalue weighted by molar-refractivity contribution is 5.88. The molecule has 2 aromatic carbocycles. The Morgan fingerprint density at radius 2 is 1.77 bits per heavy atom. The third-order valence-electron chi connectivity index (χ3n) is 4.67. The molecule has 0 bridgehead atoms. The fourth-order valence-electron chi connectivity index (χ4n) is 3.12. The Balaban J connectivity index is 2.30. The average molecular weight is 352 g/mol. The lowest BCUT2D eigenvalue weighted by molar-refractivity contribution is -0.140. The molecular formula is C22H28N2O2. The van der Waals surface area contributed by atoms with E-state index in [0.29, 0.717) is 19.4 Å². The van der Waals surface area contributed by atoms with Crippen molar-refractivity contribution in [3.8, 4) is 0 Å². The molecule has 0 saturated heterocycles. The summed E-state index contributed by atoms with van der Waals surface area (Å²) in [5.74, 6) is -0.157. The lowest BCUT2D eigenvalue weighted by atomic mass is 10.0. The maximum atomic E-state index is 13.1. The van der Waals surface area contributed by atoms with Crippen LogP contribution in [0.25, 0.3) is 0 Å². The molecule has 0 aromatic heterocycles. The molecule has 0 aliphatic rings. The lowest BCUT2D eigenvalue weighted by Gasteiger charge is -2.30. The number of nitrogens with zero attached hydrogens (tertiary/aromatic N) is 1. The number of carbonyl (C=O) groups is 2. The van der Waals surface area contributed by atoms with Gasteiger partial charge in [-0.3, -0.25) is 9.59 Å². The molecule has 138 valence electrons. The van der Waals surface area contributed by atoms with Crippen LogP contribution in [0.2, 0.25) is 0 Å². The molecule has 0 aliphatic carbocycles. The van der Waals surface area contributed by atoms with Gasteiger partial charge in [0.15, 0.2) is 0 Å². The first kappa shape index (κ1) is 19.7. The van der Waals surface area contributed by atoms with Gasteiger partial charge in [0.05, 0.1) is 6.42 Å². The first-order valence-corrected chi connectivity index (χ1v) is 9.07. The summed E-state index contributed by atoms with van der Waals surface area (Å²) in [7, 11) is 1.61. The van der Waals surface area contributed by atoms with Crippen LogP contribution in [0.15, 0.2) is 48.5 Å². The third-order valence-corrected chi connectivity index (χ3v) is 4.67. The largest absolute Gasteiger partial charge is 0.357 e. The van der Waals surface area contributed by atoms with Crippen LogP contribution in [0.5, 0.6) is 0 Å². The van der Waals surface area contributed by atoms with Gasteiger partial charge in [0, 0.05) is 13.6 Å². The molecule has 1 N–H and O–H groups in total. The van der Waals surface area contributed by atoms with Crippen LogP contribution in [-0.2, 0) is 22.6 Å². The zero-order valence-corrected chi connectivity index (χ0v) is 16.1. The molecule has 0 saturated carbocycles. The van der Waals surface area contributed by atoms with Gasteiger partial charge in [-0.2, -0.15) is 0 Å². The molecule has 0 heterocycles. The quantitative estimate of drug-likeness (QED) is 0.830. The van der Waals surface area contributed by atoms with Crippen molar-refractivity contribution in [2.75, 3.05) is 7.05 Å². The van der Waals surface area contributed by atoms with Gasteiger partial charge in [-0.05, 0) is 37.0 Å². The number of amides is 2. The van der Waals surface area contributed by atoms with Gasteiger partial charge >= 0.3 is 0 Å². The summed E-state index contributed by atoms with van der Waals surface area (Å²) in [6.45, 7) is 6.40. The summed E-state index contributed by atoms with van der Waals surface area (Å²) in [6.07, 6.45) is 0.874. The minimum atomic E-state index is -0.474. The molecule has 4 nitrogen and oxygen atoms in total. The zero-order chi connectivity index (χ0) is 19.1. The Bertz CT molecular complexity index is 756. The van der Waals surface area contributed by atoms with Crippen molar-refractivity contribution in [2.24, 2.45) is 0 Å². The topological polar surface area (TPSA) is 49.4 Å². The fourth-order valence-corrected chi connectivity index (χ4v) is 3.12. The lowest BCUT2D eigenvalue weighted by Crippen LogP contribution is -2.48. The standard InChI is InChI=1S/C22H28N2O2/c1-5-20(22(26)23-4)24(15-18-9-7-6-8-10-18)21(25)14-19-13-16(2)11-12-17(19)3/h6-13,20H,5,14-15H2,1-4H3,(H,23,26)/t20-/m1/s1. The smallest absolute Gasteiger partial charge is 0.242 e. The molecule has 0 spiro atoms. The molecular weight excluding hydrogens is 324 g/mol. The fraction of sp³-hybridized carbons (Fsp3) is 0.364. The van der Waals surface area contributed by atoms with Crippen LogP contribution in [-0.4, -0.2) is 29.8 Å². The van der Waals surface area contributed by atoms with Crippen molar-refractivity contribution in [1.82, 2.24) is 10.2 Å². The van der Waals surface area contributed by atoms with E-state index >= 15 is 0 Å². The van der Waals surface area contributed by atoms with E-state index in [4.69, 9.17) is 0 Å². The first-order chi connectivity index (χ1) is 12.5. The van der Waals surface area contributed by atoms with E-state index in [1.165, 1.54) is 0 Å². The van der Waals surface area contributed by atoms with Crippen LogP contribution in [0.4, 0.5) is 0 Å². The maximum absolute atomic E-state index is 13.1. The van der Waals surface area contributed by atoms with Gasteiger partial charge < -0.3 is 10.2 Å². The van der Waals surface area contributed by atoms with Crippen molar-refractivity contribution < 1.29 is 9.59 Å². The molecule has 26 heavy (non-hydrogen) atoms. The molecule has 0 unspecified atom stereocenters. The zero-order valence-electron chi connectivity index (χ0n) is 16.1. The van der Waals surface area contributed by atoms with Crippen LogP contribution < -0.4 is 5.32 Å². The highest BCUT2D eigenvalue weighted by Gasteiger charge is 2.28. The number of aryl methyl sites for hydroxylation is 2. The summed E-state index contributed by atoms with van der Waals surface area (Å²) in [6, 6.07) is 15.5. The molecule has 0 fully saturated rings. The number of hydrogen-bond acceptors (Lipinski definition) is 2. The van der Waals surface area contributed by atoms with Gasteiger partial charge in [0.2, 0.25) is 11.8 Å². The summed E-state index contributed by atoms with van der Waals surface area (Å²) >= 11 is 0. The number of likely N-dealkylation sites (N-methyl/N-ethyl adjacent to an activating group) is 1. The monoisotopic (exact) mass is 352 g/mol. The first-order valence-electron chi connectivity index (χ1n) is 9.07. The summed E-state index contributed by atoms with van der Waals surface area (Å²) < 4.78 is 0. The Morgan fingerprint density at radius 3 is 2.38 bits per heavy atom. The van der Waals surface area contributed by atoms with Crippen molar-refractivity contribution >= 4 is 11.8 Å². The summed E-state index contributed by atoms with van der Waals surface area (Å²) in [5.41, 5.74) is 4.26. The van der Waals surface area contributed by atoms with Crippen LogP contribution in [0.1, 0.15) is 35.6 Å². The number of benzene rings is 2. The van der Waals surface area contributed by atoms with Crippen LogP contribution >= 0.6 is 0 Å². The van der Waals surface area contributed by atoms with Gasteiger partial charge in [-0.15, -0.1) is 0 Å². The Hall–Kier alpha value is -2.62.